The number of hydrogen-bond donors (Lipinski definition) is 0. The first kappa shape index (κ1) is 217. The van der Waals surface area contributed by atoms with Crippen molar-refractivity contribution < 1.29 is 163 Å². The van der Waals surface area contributed by atoms with Crippen LogP contribution in [0.3, 0.4) is 0 Å². The molecule has 0 aromatic heterocycles. The Kier molecular flexibility index (Phi) is 2860. The predicted molar refractivity (Wildman–Crippen MR) is 33.2 cm³/mol. The van der Waals surface area contributed by atoms with Gasteiger partial charge in [0.05, 0.1) is 0 Å². The molecule has 0 aliphatic carbocycles. The van der Waals surface area contributed by atoms with E-state index >= 15 is 0 Å². The van der Waals surface area contributed by atoms with E-state index in [2.05, 4.69) is 0 Å². The summed E-state index contributed by atoms with van der Waals surface area (Å²) in [6.45, 7) is 0. The van der Waals surface area contributed by atoms with Gasteiger partial charge in [0.15, 0.2) is 0 Å². The Morgan fingerprint density at radius 3 is 0.429 bits per heavy atom. The van der Waals surface area contributed by atoms with Crippen LogP contribution in [0, 0.1) is 0 Å². The van der Waals surface area contributed by atoms with Crippen LogP contribution in [0.5, 0.6) is 0 Å². The molecule has 0 fully saturated rings. The second kappa shape index (κ2) is 184. The van der Waals surface area contributed by atoms with Crippen molar-refractivity contribution in [2.45, 2.75) is 0 Å². The molecular weight excluding hydrogens is 364 g/mol. The molecule has 6 nitrogen and oxygen atoms in total. The van der Waals surface area contributed by atoms with Gasteiger partial charge >= 0.3 is 142 Å². The third-order valence-electron chi connectivity index (χ3n) is 0. The zero-order chi connectivity index (χ0) is 0. The van der Waals surface area contributed by atoms with Crippen LogP contribution in [-0.4, -0.2) is 93.6 Å². The minimum Gasteiger partial charge on any atom is -1.00 e. The van der Waals surface area contributed by atoms with Crippen LogP contribution < -0.4 is 131 Å². The molecule has 14 heavy (non-hydrogen) atoms. The molecule has 0 saturated heterocycles. The molecule has 0 unspecified atom stereocenters. The third-order valence-corrected chi connectivity index (χ3v) is 0. The Morgan fingerprint density at radius 1 is 0.429 bits per heavy atom. The van der Waals surface area contributed by atoms with Crippen molar-refractivity contribution in [2.75, 3.05) is 0 Å². The average Bonchev–Trinajstić information content (AvgIpc) is 0. The summed E-state index contributed by atoms with van der Waals surface area (Å²) in [7, 11) is 0. The Labute approximate surface area is 219 Å². The van der Waals surface area contributed by atoms with E-state index in [4.69, 9.17) is 0 Å². The van der Waals surface area contributed by atoms with E-state index in [1.807, 2.05) is 0 Å². The minimum absolute atomic E-state index is 0. The first-order chi connectivity index (χ1) is 0. The van der Waals surface area contributed by atoms with Gasteiger partial charge in [-0.25, -0.2) is 0 Å². The van der Waals surface area contributed by atoms with Gasteiger partial charge in [-0.3, -0.25) is 0 Å². The Bertz CT molecular complexity index is 29.8. The van der Waals surface area contributed by atoms with E-state index in [-0.39, 0.29) is 224 Å². The maximum atomic E-state index is 0. The average molecular weight is 376 g/mol. The predicted octanol–water partition coefficient (Wildman–Crippen LogP) is -23.7. The van der Waals surface area contributed by atoms with Crippen LogP contribution >= 0.6 is 0 Å². The third kappa shape index (κ3) is 155. The zero-order valence-electron chi connectivity index (χ0n) is 7.93. The summed E-state index contributed by atoms with van der Waals surface area (Å²) in [5.41, 5.74) is 0. The quantitative estimate of drug-likeness (QED) is 0.363. The standard InChI is InChI=1S/Ca.4ClH.K.Mg.Na.6H2O/h;4*1H;;;;6*1H2/q+2;;;;;+1;+2;+1;;;;;;/p-4. The summed E-state index contributed by atoms with van der Waals surface area (Å²) in [5, 5.41) is 0. The molecule has 0 atom stereocenters. The fourth-order valence-electron chi connectivity index (χ4n) is 0. The minimum atomic E-state index is 0. The summed E-state index contributed by atoms with van der Waals surface area (Å²) < 4.78 is 0. The largest absolute Gasteiger partial charge is 2.00 e. The molecule has 0 aromatic carbocycles. The van der Waals surface area contributed by atoms with E-state index in [9.17, 15) is 0 Å². The summed E-state index contributed by atoms with van der Waals surface area (Å²) in [5.74, 6) is 0. The van der Waals surface area contributed by atoms with Crippen LogP contribution in [0.4, 0.5) is 0 Å². The van der Waals surface area contributed by atoms with Crippen LogP contribution in [0.2, 0.25) is 0 Å². The Balaban J connectivity index is 0. The van der Waals surface area contributed by atoms with Crippen molar-refractivity contribution in [3.8, 4) is 0 Å². The maximum Gasteiger partial charge on any atom is 2.00 e. The van der Waals surface area contributed by atoms with Gasteiger partial charge in [0.1, 0.15) is 0 Å². The molecular formula is H12CaCl4KMgNaO6+2. The second-order valence-corrected chi connectivity index (χ2v) is 0. The van der Waals surface area contributed by atoms with Gasteiger partial charge in [0.2, 0.25) is 0 Å². The normalized spacial score (nSPS) is 0. The molecule has 0 bridgehead atoms. The number of hydrogen-bond acceptors (Lipinski definition) is 0. The van der Waals surface area contributed by atoms with Crippen molar-refractivity contribution in [2.24, 2.45) is 0 Å². The zero-order valence-corrected chi connectivity index (χ0v) is 19.7. The topological polar surface area (TPSA) is 189 Å². The summed E-state index contributed by atoms with van der Waals surface area (Å²) in [6.07, 6.45) is 0. The van der Waals surface area contributed by atoms with E-state index in [0.717, 1.165) is 0 Å². The monoisotopic (exact) mass is 374 g/mol. The van der Waals surface area contributed by atoms with Gasteiger partial charge in [-0.15, -0.1) is 0 Å². The molecule has 12 N–H and O–H groups in total. The first-order valence-corrected chi connectivity index (χ1v) is 0. The fourth-order valence-corrected chi connectivity index (χ4v) is 0. The smallest absolute Gasteiger partial charge is 1.00 e. The molecule has 0 aromatic rings. The molecule has 0 rings (SSSR count). The van der Waals surface area contributed by atoms with Crippen molar-refractivity contribution >= 4 is 60.8 Å². The molecule has 80 valence electrons. The van der Waals surface area contributed by atoms with E-state index in [1.54, 1.807) is 0 Å². The van der Waals surface area contributed by atoms with Gasteiger partial charge in [-0.2, -0.15) is 0 Å². The Morgan fingerprint density at radius 2 is 0.429 bits per heavy atom. The van der Waals surface area contributed by atoms with Gasteiger partial charge < -0.3 is 82.5 Å². The van der Waals surface area contributed by atoms with Crippen LogP contribution in [0.15, 0.2) is 0 Å². The van der Waals surface area contributed by atoms with Crippen molar-refractivity contribution in [3.63, 3.8) is 0 Å². The molecule has 0 aliphatic heterocycles. The van der Waals surface area contributed by atoms with E-state index in [0.29, 0.717) is 0 Å². The molecule has 0 radical (unpaired) electrons. The maximum absolute atomic E-state index is 0. The molecule has 0 aliphatic rings. The number of halogens is 4. The summed E-state index contributed by atoms with van der Waals surface area (Å²) in [6, 6.07) is 0. The molecule has 0 amide bonds. The molecule has 0 saturated carbocycles. The molecule has 14 heteroatoms. The number of rotatable bonds is 0. The van der Waals surface area contributed by atoms with Crippen LogP contribution in [-0.2, 0) is 0 Å². The van der Waals surface area contributed by atoms with Gasteiger partial charge in [0.25, 0.3) is 0 Å². The fraction of sp³-hybridized carbons (Fsp3) is 0. The molecule has 0 heterocycles. The molecule has 0 spiro atoms. The van der Waals surface area contributed by atoms with Crippen LogP contribution in [0.1, 0.15) is 0 Å². The SMILES string of the molecule is O.O.O.O.O.O.[Ca+2].[Cl-].[Cl-].[Cl-].[Cl-].[K+].[Mg+2].[Na+]. The van der Waals surface area contributed by atoms with Crippen molar-refractivity contribution in [1.82, 2.24) is 0 Å². The van der Waals surface area contributed by atoms with Crippen LogP contribution in [0.25, 0.3) is 0 Å². The second-order valence-electron chi connectivity index (χ2n) is 0. The van der Waals surface area contributed by atoms with Crippen molar-refractivity contribution in [3.05, 3.63) is 0 Å². The summed E-state index contributed by atoms with van der Waals surface area (Å²) in [4.78, 5) is 0. The van der Waals surface area contributed by atoms with Gasteiger partial charge in [0, 0.05) is 0 Å². The van der Waals surface area contributed by atoms with E-state index in [1.165, 1.54) is 0 Å². The summed E-state index contributed by atoms with van der Waals surface area (Å²) >= 11 is 0. The Hall–Kier alpha value is 5.58. The van der Waals surface area contributed by atoms with Crippen molar-refractivity contribution in [1.29, 1.82) is 0 Å². The van der Waals surface area contributed by atoms with E-state index < -0.39 is 0 Å². The first-order valence-electron chi connectivity index (χ1n) is 0. The van der Waals surface area contributed by atoms with Gasteiger partial charge in [-0.05, 0) is 0 Å². The van der Waals surface area contributed by atoms with Gasteiger partial charge in [-0.1, -0.05) is 0 Å².